The van der Waals surface area contributed by atoms with E-state index in [2.05, 4.69) is 42.5 Å². The molecule has 0 bridgehead atoms. The van der Waals surface area contributed by atoms with Crippen molar-refractivity contribution >= 4 is 0 Å². The van der Waals surface area contributed by atoms with E-state index in [1.165, 1.54) is 17.0 Å². The Hall–Kier alpha value is -1.77. The average molecular weight is 286 g/mol. The van der Waals surface area contributed by atoms with E-state index in [9.17, 15) is 0 Å². The standard InChI is InChI=1S/C18H26N2O/c1-5-16-17(12-14(2)3)20(13-19-16)11-10-15-8-6-7-9-18(15)21-4/h6-9,13-14H,5,10-12H2,1-4H3. The molecule has 0 unspecified atom stereocenters. The Morgan fingerprint density at radius 2 is 2.00 bits per heavy atom. The van der Waals surface area contributed by atoms with Gasteiger partial charge in [-0.25, -0.2) is 4.98 Å². The van der Waals surface area contributed by atoms with E-state index in [0.29, 0.717) is 5.92 Å². The Labute approximate surface area is 128 Å². The molecule has 0 N–H and O–H groups in total. The van der Waals surface area contributed by atoms with Gasteiger partial charge in [0, 0.05) is 12.2 Å². The number of ether oxygens (including phenoxy) is 1. The summed E-state index contributed by atoms with van der Waals surface area (Å²) in [4.78, 5) is 4.57. The maximum absolute atomic E-state index is 5.43. The molecule has 0 saturated carbocycles. The highest BCUT2D eigenvalue weighted by molar-refractivity contribution is 5.33. The van der Waals surface area contributed by atoms with Crippen LogP contribution in [0.4, 0.5) is 0 Å². The lowest BCUT2D eigenvalue weighted by molar-refractivity contribution is 0.408. The minimum atomic E-state index is 0.650. The minimum absolute atomic E-state index is 0.650. The number of imidazole rings is 1. The molecule has 0 aliphatic rings. The van der Waals surface area contributed by atoms with Crippen LogP contribution in [0.15, 0.2) is 30.6 Å². The molecule has 1 aromatic carbocycles. The number of methoxy groups -OCH3 is 1. The molecule has 0 fully saturated rings. The number of aromatic nitrogens is 2. The van der Waals surface area contributed by atoms with E-state index in [1.54, 1.807) is 7.11 Å². The maximum atomic E-state index is 5.43. The largest absolute Gasteiger partial charge is 0.496 e. The summed E-state index contributed by atoms with van der Waals surface area (Å²) >= 11 is 0. The molecule has 1 heterocycles. The fraction of sp³-hybridized carbons (Fsp3) is 0.500. The van der Waals surface area contributed by atoms with Gasteiger partial charge in [0.2, 0.25) is 0 Å². The molecule has 0 aliphatic carbocycles. The van der Waals surface area contributed by atoms with Crippen molar-refractivity contribution < 1.29 is 4.74 Å². The van der Waals surface area contributed by atoms with Crippen molar-refractivity contribution in [2.75, 3.05) is 7.11 Å². The van der Waals surface area contributed by atoms with Gasteiger partial charge in [-0.2, -0.15) is 0 Å². The van der Waals surface area contributed by atoms with E-state index in [1.807, 2.05) is 18.5 Å². The topological polar surface area (TPSA) is 27.1 Å². The molecule has 0 radical (unpaired) electrons. The van der Waals surface area contributed by atoms with Crippen molar-refractivity contribution in [3.8, 4) is 5.75 Å². The molecule has 2 aromatic rings. The summed E-state index contributed by atoms with van der Waals surface area (Å²) < 4.78 is 7.74. The second-order valence-electron chi connectivity index (χ2n) is 5.84. The minimum Gasteiger partial charge on any atom is -0.496 e. The van der Waals surface area contributed by atoms with Gasteiger partial charge in [0.05, 0.1) is 19.1 Å². The Morgan fingerprint density at radius 3 is 2.67 bits per heavy atom. The van der Waals surface area contributed by atoms with Gasteiger partial charge in [-0.15, -0.1) is 0 Å². The van der Waals surface area contributed by atoms with Gasteiger partial charge < -0.3 is 9.30 Å². The number of benzene rings is 1. The molecule has 0 spiro atoms. The fourth-order valence-electron chi connectivity index (χ4n) is 2.71. The van der Waals surface area contributed by atoms with Gasteiger partial charge in [0.1, 0.15) is 5.75 Å². The number of rotatable bonds is 7. The third-order valence-corrected chi connectivity index (χ3v) is 3.78. The highest BCUT2D eigenvalue weighted by Crippen LogP contribution is 2.20. The van der Waals surface area contributed by atoms with Crippen molar-refractivity contribution in [3.05, 3.63) is 47.5 Å². The second-order valence-corrected chi connectivity index (χ2v) is 5.84. The average Bonchev–Trinajstić information content (AvgIpc) is 2.86. The lowest BCUT2D eigenvalue weighted by Crippen LogP contribution is -2.09. The van der Waals surface area contributed by atoms with Crippen molar-refractivity contribution in [2.45, 2.75) is 46.6 Å². The molecule has 0 saturated heterocycles. The van der Waals surface area contributed by atoms with Crippen LogP contribution in [0.25, 0.3) is 0 Å². The Bertz CT molecular complexity index is 572. The SMILES string of the molecule is CCc1ncn(CCc2ccccc2OC)c1CC(C)C. The van der Waals surface area contributed by atoms with Crippen molar-refractivity contribution in [3.63, 3.8) is 0 Å². The first-order chi connectivity index (χ1) is 10.2. The first-order valence-corrected chi connectivity index (χ1v) is 7.80. The van der Waals surface area contributed by atoms with Gasteiger partial charge in [-0.05, 0) is 36.8 Å². The van der Waals surface area contributed by atoms with Gasteiger partial charge >= 0.3 is 0 Å². The molecule has 1 aromatic heterocycles. The predicted octanol–water partition coefficient (Wildman–Crippen LogP) is 3.90. The Balaban J connectivity index is 2.14. The summed E-state index contributed by atoms with van der Waals surface area (Å²) in [6.07, 6.45) is 5.05. The maximum Gasteiger partial charge on any atom is 0.122 e. The highest BCUT2D eigenvalue weighted by Gasteiger charge is 2.12. The fourth-order valence-corrected chi connectivity index (χ4v) is 2.71. The summed E-state index contributed by atoms with van der Waals surface area (Å²) in [6.45, 7) is 7.65. The lowest BCUT2D eigenvalue weighted by atomic mass is 10.1. The summed E-state index contributed by atoms with van der Waals surface area (Å²) in [5, 5.41) is 0. The zero-order valence-electron chi connectivity index (χ0n) is 13.6. The summed E-state index contributed by atoms with van der Waals surface area (Å²) in [7, 11) is 1.73. The van der Waals surface area contributed by atoms with Crippen LogP contribution in [0.5, 0.6) is 5.75 Å². The van der Waals surface area contributed by atoms with E-state index in [0.717, 1.165) is 31.6 Å². The van der Waals surface area contributed by atoms with Gasteiger partial charge in [0.25, 0.3) is 0 Å². The highest BCUT2D eigenvalue weighted by atomic mass is 16.5. The van der Waals surface area contributed by atoms with E-state index in [-0.39, 0.29) is 0 Å². The summed E-state index contributed by atoms with van der Waals surface area (Å²) in [5.74, 6) is 1.62. The molecule has 3 heteroatoms. The zero-order valence-corrected chi connectivity index (χ0v) is 13.6. The van der Waals surface area contributed by atoms with Gasteiger partial charge in [-0.3, -0.25) is 0 Å². The molecule has 3 nitrogen and oxygen atoms in total. The van der Waals surface area contributed by atoms with Gasteiger partial charge in [-0.1, -0.05) is 39.0 Å². The van der Waals surface area contributed by atoms with Crippen LogP contribution in [0.2, 0.25) is 0 Å². The van der Waals surface area contributed by atoms with Crippen LogP contribution in [0.3, 0.4) is 0 Å². The Kier molecular flexibility index (Phi) is 5.43. The molecular formula is C18H26N2O. The van der Waals surface area contributed by atoms with Crippen molar-refractivity contribution in [2.24, 2.45) is 5.92 Å². The van der Waals surface area contributed by atoms with Crippen molar-refractivity contribution in [1.29, 1.82) is 0 Å². The first kappa shape index (κ1) is 15.6. The monoisotopic (exact) mass is 286 g/mol. The van der Waals surface area contributed by atoms with Crippen LogP contribution >= 0.6 is 0 Å². The lowest BCUT2D eigenvalue weighted by Gasteiger charge is -2.13. The first-order valence-electron chi connectivity index (χ1n) is 7.80. The van der Waals surface area contributed by atoms with Crippen LogP contribution < -0.4 is 4.74 Å². The van der Waals surface area contributed by atoms with Crippen molar-refractivity contribution in [1.82, 2.24) is 9.55 Å². The van der Waals surface area contributed by atoms with Gasteiger partial charge in [0.15, 0.2) is 0 Å². The number of hydrogen-bond donors (Lipinski definition) is 0. The molecule has 2 rings (SSSR count). The molecule has 0 atom stereocenters. The van der Waals surface area contributed by atoms with E-state index >= 15 is 0 Å². The van der Waals surface area contributed by atoms with Crippen LogP contribution in [-0.4, -0.2) is 16.7 Å². The number of aryl methyl sites for hydroxylation is 3. The molecule has 0 amide bonds. The molecule has 0 aliphatic heterocycles. The second kappa shape index (κ2) is 7.30. The third-order valence-electron chi connectivity index (χ3n) is 3.78. The molecule has 21 heavy (non-hydrogen) atoms. The van der Waals surface area contributed by atoms with Crippen LogP contribution in [0, 0.1) is 5.92 Å². The smallest absolute Gasteiger partial charge is 0.122 e. The van der Waals surface area contributed by atoms with E-state index in [4.69, 9.17) is 4.74 Å². The molecule has 114 valence electrons. The zero-order chi connectivity index (χ0) is 15.2. The number of hydrogen-bond acceptors (Lipinski definition) is 2. The summed E-state index contributed by atoms with van der Waals surface area (Å²) in [6, 6.07) is 8.24. The number of para-hydroxylation sites is 1. The Morgan fingerprint density at radius 1 is 1.24 bits per heavy atom. The normalized spacial score (nSPS) is 11.1. The third kappa shape index (κ3) is 3.87. The molecular weight excluding hydrogens is 260 g/mol. The number of nitrogens with zero attached hydrogens (tertiary/aromatic N) is 2. The quantitative estimate of drug-likeness (QED) is 0.772. The summed E-state index contributed by atoms with van der Waals surface area (Å²) in [5.41, 5.74) is 3.88. The van der Waals surface area contributed by atoms with Crippen LogP contribution in [-0.2, 0) is 25.8 Å². The predicted molar refractivity (Wildman–Crippen MR) is 86.8 cm³/mol. The van der Waals surface area contributed by atoms with E-state index < -0.39 is 0 Å². The van der Waals surface area contributed by atoms with Crippen LogP contribution in [0.1, 0.15) is 37.7 Å².